The molecular weight excluding hydrogens is 140 g/mol. The monoisotopic (exact) mass is 154 g/mol. The fourth-order valence-electron chi connectivity index (χ4n) is 1.85. The Hall–Kier alpha value is -0.790. The largest absolute Gasteiger partial charge is 0.481 e. The lowest BCUT2D eigenvalue weighted by Crippen LogP contribution is -2.10. The van der Waals surface area contributed by atoms with Crippen molar-refractivity contribution in [1.29, 1.82) is 0 Å². The molecule has 2 nitrogen and oxygen atoms in total. The number of carboxylic acid groups (broad SMARTS) is 1. The van der Waals surface area contributed by atoms with E-state index in [1.54, 1.807) is 0 Å². The zero-order valence-corrected chi connectivity index (χ0v) is 6.62. The van der Waals surface area contributed by atoms with Gasteiger partial charge < -0.3 is 5.11 Å². The van der Waals surface area contributed by atoms with E-state index >= 15 is 0 Å². The fourth-order valence-corrected chi connectivity index (χ4v) is 1.85. The summed E-state index contributed by atoms with van der Waals surface area (Å²) in [4.78, 5) is 10.4. The van der Waals surface area contributed by atoms with Crippen LogP contribution < -0.4 is 0 Å². The van der Waals surface area contributed by atoms with Gasteiger partial charge in [-0.25, -0.2) is 0 Å². The Morgan fingerprint density at radius 3 is 2.91 bits per heavy atom. The van der Waals surface area contributed by atoms with Gasteiger partial charge in [0.1, 0.15) is 0 Å². The predicted octanol–water partition coefficient (Wildman–Crippen LogP) is 2.06. The van der Waals surface area contributed by atoms with E-state index in [4.69, 9.17) is 5.11 Å². The molecule has 0 aromatic rings. The van der Waals surface area contributed by atoms with Crippen molar-refractivity contribution in [2.45, 2.75) is 25.7 Å². The van der Waals surface area contributed by atoms with Gasteiger partial charge in [0.15, 0.2) is 0 Å². The Morgan fingerprint density at radius 1 is 1.64 bits per heavy atom. The maximum Gasteiger partial charge on any atom is 0.303 e. The molecule has 0 spiro atoms. The van der Waals surface area contributed by atoms with Crippen molar-refractivity contribution in [2.75, 3.05) is 0 Å². The summed E-state index contributed by atoms with van der Waals surface area (Å²) in [5, 5.41) is 8.55. The van der Waals surface area contributed by atoms with Crippen molar-refractivity contribution in [2.24, 2.45) is 11.8 Å². The van der Waals surface area contributed by atoms with E-state index in [0.717, 1.165) is 19.3 Å². The summed E-state index contributed by atoms with van der Waals surface area (Å²) in [5.41, 5.74) is 0. The number of carbonyl (C=O) groups is 1. The van der Waals surface area contributed by atoms with Crippen molar-refractivity contribution in [3.8, 4) is 0 Å². The highest BCUT2D eigenvalue weighted by atomic mass is 16.4. The summed E-state index contributed by atoms with van der Waals surface area (Å²) >= 11 is 0. The van der Waals surface area contributed by atoms with E-state index in [1.165, 1.54) is 0 Å². The first-order chi connectivity index (χ1) is 5.24. The van der Waals surface area contributed by atoms with E-state index in [1.807, 2.05) is 6.08 Å². The number of aliphatic carboxylic acids is 1. The van der Waals surface area contributed by atoms with Gasteiger partial charge in [0.25, 0.3) is 0 Å². The van der Waals surface area contributed by atoms with E-state index in [2.05, 4.69) is 6.58 Å². The third-order valence-corrected chi connectivity index (χ3v) is 2.46. The maximum atomic E-state index is 10.4. The van der Waals surface area contributed by atoms with Gasteiger partial charge in [-0.05, 0) is 24.7 Å². The van der Waals surface area contributed by atoms with Gasteiger partial charge in [-0.15, -0.1) is 6.58 Å². The van der Waals surface area contributed by atoms with Crippen LogP contribution in [0, 0.1) is 11.8 Å². The molecule has 0 aromatic carbocycles. The number of allylic oxidation sites excluding steroid dienone is 1. The lowest BCUT2D eigenvalue weighted by atomic mass is 9.93. The quantitative estimate of drug-likeness (QED) is 0.632. The average molecular weight is 154 g/mol. The molecule has 1 saturated carbocycles. The Labute approximate surface area is 66.9 Å². The molecule has 0 saturated heterocycles. The molecule has 0 aromatic heterocycles. The van der Waals surface area contributed by atoms with Crippen molar-refractivity contribution < 1.29 is 9.90 Å². The van der Waals surface area contributed by atoms with Crippen LogP contribution in [0.3, 0.4) is 0 Å². The molecule has 0 unspecified atom stereocenters. The van der Waals surface area contributed by atoms with E-state index < -0.39 is 5.97 Å². The standard InChI is InChI=1S/C9H14O2/c1-2-7-4-3-5-8(7)6-9(10)11/h2,7-8H,1,3-6H2,(H,10,11)/t7-,8+/m1/s1. The highest BCUT2D eigenvalue weighted by Crippen LogP contribution is 2.34. The van der Waals surface area contributed by atoms with Crippen LogP contribution in [0.1, 0.15) is 25.7 Å². The zero-order chi connectivity index (χ0) is 8.27. The first-order valence-corrected chi connectivity index (χ1v) is 4.08. The van der Waals surface area contributed by atoms with Crippen molar-refractivity contribution >= 4 is 5.97 Å². The smallest absolute Gasteiger partial charge is 0.303 e. The van der Waals surface area contributed by atoms with Crippen LogP contribution in [0.2, 0.25) is 0 Å². The second kappa shape index (κ2) is 3.56. The third kappa shape index (κ3) is 2.07. The summed E-state index contributed by atoms with van der Waals surface area (Å²) in [6, 6.07) is 0. The minimum atomic E-state index is -0.677. The summed E-state index contributed by atoms with van der Waals surface area (Å²) in [5.74, 6) is 0.125. The van der Waals surface area contributed by atoms with Crippen LogP contribution in [0.4, 0.5) is 0 Å². The molecule has 62 valence electrons. The van der Waals surface area contributed by atoms with Crippen LogP contribution in [0.25, 0.3) is 0 Å². The second-order valence-electron chi connectivity index (χ2n) is 3.19. The van der Waals surface area contributed by atoms with Gasteiger partial charge in [0, 0.05) is 6.42 Å². The summed E-state index contributed by atoms with van der Waals surface area (Å²) in [6.07, 6.45) is 5.57. The predicted molar refractivity (Wildman–Crippen MR) is 43.3 cm³/mol. The molecular formula is C9H14O2. The Morgan fingerprint density at radius 2 is 2.36 bits per heavy atom. The van der Waals surface area contributed by atoms with Gasteiger partial charge in [-0.2, -0.15) is 0 Å². The lowest BCUT2D eigenvalue weighted by Gasteiger charge is -2.12. The lowest BCUT2D eigenvalue weighted by molar-refractivity contribution is -0.138. The third-order valence-electron chi connectivity index (χ3n) is 2.46. The minimum Gasteiger partial charge on any atom is -0.481 e. The molecule has 2 heteroatoms. The number of rotatable bonds is 3. The molecule has 2 atom stereocenters. The van der Waals surface area contributed by atoms with Gasteiger partial charge in [0.2, 0.25) is 0 Å². The molecule has 11 heavy (non-hydrogen) atoms. The summed E-state index contributed by atoms with van der Waals surface area (Å²) in [6.45, 7) is 3.71. The minimum absolute atomic E-state index is 0.316. The first kappa shape index (κ1) is 8.31. The summed E-state index contributed by atoms with van der Waals surface area (Å²) in [7, 11) is 0. The maximum absolute atomic E-state index is 10.4. The molecule has 1 fully saturated rings. The van der Waals surface area contributed by atoms with Crippen LogP contribution in [-0.2, 0) is 4.79 Å². The van der Waals surface area contributed by atoms with E-state index in [9.17, 15) is 4.79 Å². The highest BCUT2D eigenvalue weighted by molar-refractivity contribution is 5.67. The van der Waals surface area contributed by atoms with Gasteiger partial charge in [0.05, 0.1) is 0 Å². The van der Waals surface area contributed by atoms with Crippen LogP contribution >= 0.6 is 0 Å². The van der Waals surface area contributed by atoms with E-state index in [0.29, 0.717) is 18.3 Å². The first-order valence-electron chi connectivity index (χ1n) is 4.08. The Kier molecular flexibility index (Phi) is 2.69. The van der Waals surface area contributed by atoms with Gasteiger partial charge in [-0.1, -0.05) is 12.5 Å². The normalized spacial score (nSPS) is 30.2. The topological polar surface area (TPSA) is 37.3 Å². The molecule has 0 radical (unpaired) electrons. The SMILES string of the molecule is C=C[C@@H]1CCC[C@H]1CC(=O)O. The molecule has 0 amide bonds. The second-order valence-corrected chi connectivity index (χ2v) is 3.19. The van der Waals surface area contributed by atoms with Crippen LogP contribution in [0.5, 0.6) is 0 Å². The Balaban J connectivity index is 2.43. The van der Waals surface area contributed by atoms with Gasteiger partial charge >= 0.3 is 5.97 Å². The van der Waals surface area contributed by atoms with Gasteiger partial charge in [-0.3, -0.25) is 4.79 Å². The fraction of sp³-hybridized carbons (Fsp3) is 0.667. The van der Waals surface area contributed by atoms with Crippen LogP contribution in [0.15, 0.2) is 12.7 Å². The summed E-state index contributed by atoms with van der Waals surface area (Å²) < 4.78 is 0. The molecule has 0 bridgehead atoms. The van der Waals surface area contributed by atoms with Crippen LogP contribution in [-0.4, -0.2) is 11.1 Å². The molecule has 0 heterocycles. The average Bonchev–Trinajstić information content (AvgIpc) is 2.34. The molecule has 1 rings (SSSR count). The van der Waals surface area contributed by atoms with Crippen molar-refractivity contribution in [3.05, 3.63) is 12.7 Å². The highest BCUT2D eigenvalue weighted by Gasteiger charge is 2.26. The van der Waals surface area contributed by atoms with Crippen molar-refractivity contribution in [3.63, 3.8) is 0 Å². The molecule has 0 aliphatic heterocycles. The number of carboxylic acids is 1. The number of hydrogen-bond acceptors (Lipinski definition) is 1. The Bertz CT molecular complexity index is 163. The molecule has 1 aliphatic rings. The molecule has 1 aliphatic carbocycles. The molecule has 1 N–H and O–H groups in total. The van der Waals surface area contributed by atoms with E-state index in [-0.39, 0.29) is 0 Å². The number of hydrogen-bond donors (Lipinski definition) is 1. The van der Waals surface area contributed by atoms with Crippen molar-refractivity contribution in [1.82, 2.24) is 0 Å². The zero-order valence-electron chi connectivity index (χ0n) is 6.62.